The van der Waals surface area contributed by atoms with E-state index in [1.807, 2.05) is 0 Å². The molecule has 0 saturated carbocycles. The van der Waals surface area contributed by atoms with E-state index in [1.54, 1.807) is 14.0 Å². The minimum absolute atomic E-state index is 0.142. The smallest absolute Gasteiger partial charge is 0.336 e. The number of carboxylic acid groups (broad SMARTS) is 1. The van der Waals surface area contributed by atoms with Crippen molar-refractivity contribution in [3.63, 3.8) is 0 Å². The second kappa shape index (κ2) is 2.94. The first-order chi connectivity index (χ1) is 7.00. The summed E-state index contributed by atoms with van der Waals surface area (Å²) in [5.41, 5.74) is 6.89. The number of hydrogen-bond acceptors (Lipinski definition) is 4. The van der Waals surface area contributed by atoms with Gasteiger partial charge in [0, 0.05) is 12.7 Å². The Morgan fingerprint density at radius 2 is 2.27 bits per heavy atom. The van der Waals surface area contributed by atoms with Crippen LogP contribution in [-0.4, -0.2) is 25.8 Å². The number of nitrogens with zero attached hydrogens (tertiary/aromatic N) is 3. The van der Waals surface area contributed by atoms with Crippen molar-refractivity contribution in [1.82, 2.24) is 14.8 Å². The molecule has 0 aromatic carbocycles. The van der Waals surface area contributed by atoms with Crippen LogP contribution in [0.25, 0.3) is 11.0 Å². The van der Waals surface area contributed by atoms with E-state index in [1.165, 1.54) is 10.7 Å². The predicted molar refractivity (Wildman–Crippen MR) is 54.6 cm³/mol. The molecular weight excluding hydrogens is 196 g/mol. The van der Waals surface area contributed by atoms with Crippen LogP contribution in [0.3, 0.4) is 0 Å². The number of rotatable bonds is 1. The van der Waals surface area contributed by atoms with E-state index in [0.29, 0.717) is 16.7 Å². The maximum absolute atomic E-state index is 11.0. The molecule has 78 valence electrons. The molecule has 0 amide bonds. The molecule has 3 N–H and O–H groups in total. The first-order valence-electron chi connectivity index (χ1n) is 4.34. The fourth-order valence-corrected chi connectivity index (χ4v) is 1.57. The minimum Gasteiger partial charge on any atom is -0.478 e. The monoisotopic (exact) mass is 206 g/mol. The normalized spacial score (nSPS) is 10.8. The van der Waals surface area contributed by atoms with Crippen molar-refractivity contribution >= 4 is 22.8 Å². The summed E-state index contributed by atoms with van der Waals surface area (Å²) in [4.78, 5) is 15.2. The fraction of sp³-hybridized carbons (Fsp3) is 0.222. The van der Waals surface area contributed by atoms with Crippen molar-refractivity contribution in [2.24, 2.45) is 7.05 Å². The first-order valence-corrected chi connectivity index (χ1v) is 4.34. The lowest BCUT2D eigenvalue weighted by Gasteiger charge is -2.00. The molecule has 2 heterocycles. The molecule has 0 aliphatic rings. The molecule has 0 fully saturated rings. The maximum Gasteiger partial charge on any atom is 0.336 e. The molecule has 0 aliphatic carbocycles. The summed E-state index contributed by atoms with van der Waals surface area (Å²) in [6.45, 7) is 1.73. The van der Waals surface area contributed by atoms with Gasteiger partial charge in [0.25, 0.3) is 0 Å². The Morgan fingerprint density at radius 3 is 2.87 bits per heavy atom. The van der Waals surface area contributed by atoms with Gasteiger partial charge in [0.05, 0.1) is 10.9 Å². The predicted octanol–water partition coefficient (Wildman–Crippen LogP) is 0.557. The third-order valence-electron chi connectivity index (χ3n) is 2.18. The van der Waals surface area contributed by atoms with E-state index in [4.69, 9.17) is 10.8 Å². The molecule has 2 aromatic heterocycles. The molecule has 0 aliphatic heterocycles. The number of nitrogen functional groups attached to an aromatic ring is 1. The Morgan fingerprint density at radius 1 is 1.60 bits per heavy atom. The van der Waals surface area contributed by atoms with E-state index < -0.39 is 5.97 Å². The molecule has 0 radical (unpaired) electrons. The van der Waals surface area contributed by atoms with E-state index >= 15 is 0 Å². The van der Waals surface area contributed by atoms with Gasteiger partial charge < -0.3 is 10.8 Å². The number of aromatic nitrogens is 3. The average Bonchev–Trinajstić information content (AvgIpc) is 2.41. The first kappa shape index (κ1) is 9.45. The standard InChI is InChI=1S/C9H10N4O2/c1-4-3-5(9(14)15)6-7(10)12-13(2)8(6)11-4/h3H,1-2H3,(H2,10,12)(H,14,15). The molecule has 0 atom stereocenters. The average molecular weight is 206 g/mol. The van der Waals surface area contributed by atoms with Gasteiger partial charge in [0.1, 0.15) is 0 Å². The van der Waals surface area contributed by atoms with Crippen LogP contribution in [0.2, 0.25) is 0 Å². The molecule has 2 rings (SSSR count). The number of pyridine rings is 1. The second-order valence-electron chi connectivity index (χ2n) is 3.32. The highest BCUT2D eigenvalue weighted by Crippen LogP contribution is 2.23. The topological polar surface area (TPSA) is 94.0 Å². The van der Waals surface area contributed by atoms with Crippen LogP contribution in [0.1, 0.15) is 16.1 Å². The molecular formula is C9H10N4O2. The van der Waals surface area contributed by atoms with Crippen LogP contribution in [-0.2, 0) is 7.05 Å². The molecule has 0 saturated heterocycles. The van der Waals surface area contributed by atoms with Crippen molar-refractivity contribution in [3.05, 3.63) is 17.3 Å². The lowest BCUT2D eigenvalue weighted by Crippen LogP contribution is -2.01. The highest BCUT2D eigenvalue weighted by atomic mass is 16.4. The molecule has 6 heteroatoms. The maximum atomic E-state index is 11.0. The van der Waals surface area contributed by atoms with Gasteiger partial charge >= 0.3 is 5.97 Å². The zero-order chi connectivity index (χ0) is 11.2. The third kappa shape index (κ3) is 1.30. The van der Waals surface area contributed by atoms with Gasteiger partial charge in [-0.3, -0.25) is 0 Å². The number of fused-ring (bicyclic) bond motifs is 1. The van der Waals surface area contributed by atoms with Gasteiger partial charge in [0.2, 0.25) is 0 Å². The zero-order valence-electron chi connectivity index (χ0n) is 8.35. The summed E-state index contributed by atoms with van der Waals surface area (Å²) in [6.07, 6.45) is 0. The molecule has 15 heavy (non-hydrogen) atoms. The van der Waals surface area contributed by atoms with Crippen LogP contribution in [0, 0.1) is 6.92 Å². The second-order valence-corrected chi connectivity index (χ2v) is 3.32. The number of hydrogen-bond donors (Lipinski definition) is 2. The summed E-state index contributed by atoms with van der Waals surface area (Å²) in [6, 6.07) is 1.49. The Balaban J connectivity index is 2.96. The fourth-order valence-electron chi connectivity index (χ4n) is 1.57. The van der Waals surface area contributed by atoms with Crippen LogP contribution in [0.4, 0.5) is 5.82 Å². The summed E-state index contributed by atoms with van der Waals surface area (Å²) >= 11 is 0. The quantitative estimate of drug-likeness (QED) is 0.710. The van der Waals surface area contributed by atoms with E-state index in [2.05, 4.69) is 10.1 Å². The molecule has 6 nitrogen and oxygen atoms in total. The summed E-state index contributed by atoms with van der Waals surface area (Å²) in [5.74, 6) is -0.831. The van der Waals surface area contributed by atoms with Gasteiger partial charge in [-0.2, -0.15) is 5.10 Å². The molecule has 2 aromatic rings. The van der Waals surface area contributed by atoms with Gasteiger partial charge in [-0.1, -0.05) is 0 Å². The molecule has 0 unspecified atom stereocenters. The Hall–Kier alpha value is -2.11. The highest BCUT2D eigenvalue weighted by molar-refractivity contribution is 6.06. The Bertz CT molecular complexity index is 559. The van der Waals surface area contributed by atoms with Gasteiger partial charge in [-0.15, -0.1) is 0 Å². The number of anilines is 1. The minimum atomic E-state index is -1.02. The number of carbonyl (C=O) groups is 1. The number of nitrogens with two attached hydrogens (primary N) is 1. The van der Waals surface area contributed by atoms with Crippen molar-refractivity contribution in [2.45, 2.75) is 6.92 Å². The number of aromatic carboxylic acids is 1. The summed E-state index contributed by atoms with van der Waals surface area (Å²) < 4.78 is 1.48. The Labute approximate surface area is 85.3 Å². The van der Waals surface area contributed by atoms with Crippen molar-refractivity contribution in [2.75, 3.05) is 5.73 Å². The van der Waals surface area contributed by atoms with E-state index in [-0.39, 0.29) is 11.4 Å². The SMILES string of the molecule is Cc1cc(C(=O)O)c2c(N)nn(C)c2n1. The van der Waals surface area contributed by atoms with Crippen molar-refractivity contribution in [3.8, 4) is 0 Å². The van der Waals surface area contributed by atoms with E-state index in [9.17, 15) is 4.79 Å². The molecule has 0 bridgehead atoms. The number of aryl methyl sites for hydroxylation is 2. The van der Waals surface area contributed by atoms with Crippen LogP contribution >= 0.6 is 0 Å². The van der Waals surface area contributed by atoms with Crippen molar-refractivity contribution in [1.29, 1.82) is 0 Å². The van der Waals surface area contributed by atoms with Crippen LogP contribution in [0.15, 0.2) is 6.07 Å². The highest BCUT2D eigenvalue weighted by Gasteiger charge is 2.17. The third-order valence-corrected chi connectivity index (χ3v) is 2.18. The largest absolute Gasteiger partial charge is 0.478 e. The van der Waals surface area contributed by atoms with E-state index in [0.717, 1.165) is 0 Å². The molecule has 0 spiro atoms. The number of carboxylic acids is 1. The summed E-state index contributed by atoms with van der Waals surface area (Å²) in [5, 5.41) is 13.4. The van der Waals surface area contributed by atoms with Crippen molar-refractivity contribution < 1.29 is 9.90 Å². The summed E-state index contributed by atoms with van der Waals surface area (Å²) in [7, 11) is 1.68. The van der Waals surface area contributed by atoms with Crippen LogP contribution < -0.4 is 5.73 Å². The lowest BCUT2D eigenvalue weighted by molar-refractivity contribution is 0.0699. The van der Waals surface area contributed by atoms with Gasteiger partial charge in [-0.25, -0.2) is 14.5 Å². The van der Waals surface area contributed by atoms with Gasteiger partial charge in [0.15, 0.2) is 11.5 Å². The Kier molecular flexibility index (Phi) is 1.85. The van der Waals surface area contributed by atoms with Gasteiger partial charge in [-0.05, 0) is 13.0 Å². The zero-order valence-corrected chi connectivity index (χ0v) is 8.35. The lowest BCUT2D eigenvalue weighted by atomic mass is 10.1. The van der Waals surface area contributed by atoms with Crippen LogP contribution in [0.5, 0.6) is 0 Å².